The number of carbonyl (C=O) groups is 4. The molecule has 0 aromatic rings. The van der Waals surface area contributed by atoms with E-state index in [0.29, 0.717) is 25.7 Å². The molecule has 0 spiro atoms. The first-order valence-corrected chi connectivity index (χ1v) is 17.0. The predicted octanol–water partition coefficient (Wildman–Crippen LogP) is 10.1. The molecule has 0 amide bonds. The average Bonchev–Trinajstić information content (AvgIpc) is 2.92. The van der Waals surface area contributed by atoms with Gasteiger partial charge in [0.05, 0.1) is 0 Å². The third-order valence-corrected chi connectivity index (χ3v) is 7.44. The van der Waals surface area contributed by atoms with E-state index in [1.165, 1.54) is 77.0 Å². The highest BCUT2D eigenvalue weighted by Crippen LogP contribution is 2.13. The van der Waals surface area contributed by atoms with Crippen molar-refractivity contribution >= 4 is 23.9 Å². The first-order valence-electron chi connectivity index (χ1n) is 17.0. The highest BCUT2D eigenvalue weighted by Gasteiger charge is 2.11. The molecule has 0 rings (SSSR count). The predicted molar refractivity (Wildman–Crippen MR) is 163 cm³/mol. The highest BCUT2D eigenvalue weighted by molar-refractivity contribution is 5.85. The summed E-state index contributed by atoms with van der Waals surface area (Å²) in [7, 11) is 0. The van der Waals surface area contributed by atoms with Gasteiger partial charge in [-0.1, -0.05) is 142 Å². The second kappa shape index (κ2) is 30.2. The lowest BCUT2D eigenvalue weighted by Gasteiger charge is -2.05. The van der Waals surface area contributed by atoms with Gasteiger partial charge in [-0.3, -0.25) is 19.2 Å². The van der Waals surface area contributed by atoms with Crippen molar-refractivity contribution in [2.45, 2.75) is 194 Å². The molecule has 234 valence electrons. The molecule has 0 aliphatic heterocycles. The van der Waals surface area contributed by atoms with Crippen molar-refractivity contribution in [3.8, 4) is 0 Å². The van der Waals surface area contributed by atoms with E-state index in [2.05, 4.69) is 13.8 Å². The quantitative estimate of drug-likeness (QED) is 0.0508. The molecule has 0 atom stereocenters. The van der Waals surface area contributed by atoms with Crippen molar-refractivity contribution in [2.75, 3.05) is 0 Å². The minimum Gasteiger partial charge on any atom is -0.393 e. The molecule has 0 bridgehead atoms. The molecule has 0 unspecified atom stereocenters. The van der Waals surface area contributed by atoms with Crippen molar-refractivity contribution in [1.82, 2.24) is 0 Å². The zero-order valence-corrected chi connectivity index (χ0v) is 26.2. The van der Waals surface area contributed by atoms with Crippen molar-refractivity contribution in [2.24, 2.45) is 0 Å². The molecule has 0 aliphatic carbocycles. The van der Waals surface area contributed by atoms with Gasteiger partial charge in [-0.25, -0.2) is 0 Å². The Bertz CT molecular complexity index is 576. The molecule has 0 aromatic carbocycles. The number of carbonyl (C=O) groups excluding carboxylic acids is 4. The summed E-state index contributed by atoms with van der Waals surface area (Å²) in [5.41, 5.74) is 0. The Morgan fingerprint density at radius 3 is 0.675 bits per heavy atom. The Morgan fingerprint density at radius 1 is 0.300 bits per heavy atom. The lowest BCUT2D eigenvalue weighted by molar-refractivity contribution is -0.161. The number of hydrogen-bond acceptors (Lipinski definition) is 6. The fourth-order valence-electron chi connectivity index (χ4n) is 4.86. The zero-order chi connectivity index (χ0) is 29.5. The van der Waals surface area contributed by atoms with Crippen molar-refractivity contribution in [3.05, 3.63) is 0 Å². The second-order valence-electron chi connectivity index (χ2n) is 11.5. The third-order valence-electron chi connectivity index (χ3n) is 7.44. The summed E-state index contributed by atoms with van der Waals surface area (Å²) < 4.78 is 9.85. The Labute approximate surface area is 246 Å². The summed E-state index contributed by atoms with van der Waals surface area (Å²) in [4.78, 5) is 47.3. The van der Waals surface area contributed by atoms with E-state index in [9.17, 15) is 19.2 Å². The normalized spacial score (nSPS) is 10.9. The Hall–Kier alpha value is -1.72. The van der Waals surface area contributed by atoms with Gasteiger partial charge in [0.2, 0.25) is 0 Å². The summed E-state index contributed by atoms with van der Waals surface area (Å²) >= 11 is 0. The Kier molecular flexibility index (Phi) is 28.9. The molecule has 0 fully saturated rings. The van der Waals surface area contributed by atoms with Gasteiger partial charge in [0.1, 0.15) is 0 Å². The minimum atomic E-state index is -0.421. The van der Waals surface area contributed by atoms with E-state index in [1.54, 1.807) is 0 Å². The molecular weight excluding hydrogens is 504 g/mol. The molecule has 0 saturated heterocycles. The van der Waals surface area contributed by atoms with E-state index in [0.717, 1.165) is 64.2 Å². The first kappa shape index (κ1) is 38.3. The number of unbranched alkanes of at least 4 members (excludes halogenated alkanes) is 21. The van der Waals surface area contributed by atoms with Crippen LogP contribution in [0.2, 0.25) is 0 Å². The topological polar surface area (TPSA) is 86.7 Å². The minimum absolute atomic E-state index is 0.275. The third kappa shape index (κ3) is 29.3. The zero-order valence-electron chi connectivity index (χ0n) is 26.2. The summed E-state index contributed by atoms with van der Waals surface area (Å²) in [5, 5.41) is 0. The van der Waals surface area contributed by atoms with Gasteiger partial charge in [0.15, 0.2) is 0 Å². The van der Waals surface area contributed by atoms with E-state index >= 15 is 0 Å². The van der Waals surface area contributed by atoms with Gasteiger partial charge >= 0.3 is 23.9 Å². The summed E-state index contributed by atoms with van der Waals surface area (Å²) in [6.07, 6.45) is 27.7. The molecule has 0 aliphatic rings. The number of ether oxygens (including phenoxy) is 2. The maximum Gasteiger partial charge on any atom is 0.313 e. The van der Waals surface area contributed by atoms with Crippen molar-refractivity contribution in [3.63, 3.8) is 0 Å². The van der Waals surface area contributed by atoms with Crippen LogP contribution in [-0.2, 0) is 28.7 Å². The lowest BCUT2D eigenvalue weighted by Crippen LogP contribution is -2.12. The standard InChI is InChI=1S/C34H62O6/c1-3-5-7-9-11-13-15-19-23-27-31(35)39-33(37)29-25-21-17-18-22-26-30-34(38)40-32(36)28-24-20-16-14-12-10-8-6-4-2/h3-30H2,1-2H3. The van der Waals surface area contributed by atoms with Crippen molar-refractivity contribution in [1.29, 1.82) is 0 Å². The van der Waals surface area contributed by atoms with Crippen LogP contribution in [0.25, 0.3) is 0 Å². The maximum atomic E-state index is 11.8. The highest BCUT2D eigenvalue weighted by atomic mass is 16.6. The molecule has 0 saturated carbocycles. The number of hydrogen-bond donors (Lipinski definition) is 0. The Balaban J connectivity index is 3.47. The summed E-state index contributed by atoms with van der Waals surface area (Å²) in [6.45, 7) is 4.45. The molecule has 0 radical (unpaired) electrons. The Morgan fingerprint density at radius 2 is 0.475 bits per heavy atom. The van der Waals surface area contributed by atoms with Gasteiger partial charge in [0, 0.05) is 25.7 Å². The molecule has 6 nitrogen and oxygen atoms in total. The van der Waals surface area contributed by atoms with Crippen LogP contribution in [0.5, 0.6) is 0 Å². The number of rotatable bonds is 29. The maximum absolute atomic E-state index is 11.8. The molecule has 0 aromatic heterocycles. The fourth-order valence-corrected chi connectivity index (χ4v) is 4.86. The summed E-state index contributed by atoms with van der Waals surface area (Å²) in [5.74, 6) is -1.63. The van der Waals surface area contributed by atoms with Crippen molar-refractivity contribution < 1.29 is 28.7 Å². The second-order valence-corrected chi connectivity index (χ2v) is 11.5. The smallest absolute Gasteiger partial charge is 0.313 e. The van der Waals surface area contributed by atoms with Crippen LogP contribution < -0.4 is 0 Å². The molecule has 6 heteroatoms. The van der Waals surface area contributed by atoms with Crippen LogP contribution in [0, 0.1) is 0 Å². The fraction of sp³-hybridized carbons (Fsp3) is 0.882. The van der Waals surface area contributed by atoms with Crippen LogP contribution in [0.1, 0.15) is 194 Å². The molecule has 0 N–H and O–H groups in total. The van der Waals surface area contributed by atoms with Gasteiger partial charge < -0.3 is 9.47 Å². The molecule has 0 heterocycles. The van der Waals surface area contributed by atoms with E-state index in [-0.39, 0.29) is 12.8 Å². The van der Waals surface area contributed by atoms with Crippen LogP contribution in [0.3, 0.4) is 0 Å². The van der Waals surface area contributed by atoms with Gasteiger partial charge in [0.25, 0.3) is 0 Å². The molecular formula is C34H62O6. The van der Waals surface area contributed by atoms with E-state index in [1.807, 2.05) is 0 Å². The summed E-state index contributed by atoms with van der Waals surface area (Å²) in [6, 6.07) is 0. The van der Waals surface area contributed by atoms with E-state index < -0.39 is 23.9 Å². The van der Waals surface area contributed by atoms with Gasteiger partial charge in [-0.15, -0.1) is 0 Å². The largest absolute Gasteiger partial charge is 0.393 e. The van der Waals surface area contributed by atoms with Crippen LogP contribution in [-0.4, -0.2) is 23.9 Å². The average molecular weight is 567 g/mol. The van der Waals surface area contributed by atoms with Gasteiger partial charge in [-0.2, -0.15) is 0 Å². The van der Waals surface area contributed by atoms with Crippen LogP contribution in [0.4, 0.5) is 0 Å². The lowest BCUT2D eigenvalue weighted by atomic mass is 10.1. The SMILES string of the molecule is CCCCCCCCCCCC(=O)OC(=O)CCCCCCCCC(=O)OC(=O)CCCCCCCCCCC. The first-order chi connectivity index (χ1) is 19.5. The van der Waals surface area contributed by atoms with Gasteiger partial charge in [-0.05, 0) is 25.7 Å². The molecule has 40 heavy (non-hydrogen) atoms. The monoisotopic (exact) mass is 566 g/mol. The van der Waals surface area contributed by atoms with E-state index in [4.69, 9.17) is 9.47 Å². The number of esters is 4. The van der Waals surface area contributed by atoms with Crippen LogP contribution in [0.15, 0.2) is 0 Å². The van der Waals surface area contributed by atoms with Crippen LogP contribution >= 0.6 is 0 Å².